The third-order valence-corrected chi connectivity index (χ3v) is 5.16. The fourth-order valence-corrected chi connectivity index (χ4v) is 3.76. The van der Waals surface area contributed by atoms with Gasteiger partial charge in [0.2, 0.25) is 0 Å². The van der Waals surface area contributed by atoms with Gasteiger partial charge in [-0.05, 0) is 44.2 Å². The molecule has 2 rings (SSSR count). The molecule has 1 saturated heterocycles. The Morgan fingerprint density at radius 3 is 2.59 bits per heavy atom. The van der Waals surface area contributed by atoms with Gasteiger partial charge in [0.05, 0.1) is 0 Å². The second-order valence-corrected chi connectivity index (χ2v) is 6.22. The highest BCUT2D eigenvalue weighted by molar-refractivity contribution is 4.87. The van der Waals surface area contributed by atoms with Crippen LogP contribution in [0.2, 0.25) is 0 Å². The van der Waals surface area contributed by atoms with Crippen LogP contribution in [0.4, 0.5) is 0 Å². The molecular formula is C15H30N2. The number of hydrogen-bond donors (Lipinski definition) is 1. The largest absolute Gasteiger partial charge is 0.313 e. The van der Waals surface area contributed by atoms with E-state index in [-0.39, 0.29) is 0 Å². The normalized spacial score (nSPS) is 38.8. The van der Waals surface area contributed by atoms with Gasteiger partial charge in [0.15, 0.2) is 0 Å². The van der Waals surface area contributed by atoms with Crippen LogP contribution in [-0.2, 0) is 0 Å². The van der Waals surface area contributed by atoms with Crippen LogP contribution >= 0.6 is 0 Å². The van der Waals surface area contributed by atoms with Crippen molar-refractivity contribution in [2.24, 2.45) is 11.8 Å². The fourth-order valence-electron chi connectivity index (χ4n) is 3.76. The van der Waals surface area contributed by atoms with Crippen LogP contribution in [0.15, 0.2) is 0 Å². The van der Waals surface area contributed by atoms with Gasteiger partial charge in [-0.2, -0.15) is 0 Å². The number of hydrogen-bond acceptors (Lipinski definition) is 2. The van der Waals surface area contributed by atoms with E-state index in [1.807, 2.05) is 0 Å². The Bertz CT molecular complexity index is 223. The van der Waals surface area contributed by atoms with Crippen molar-refractivity contribution in [3.05, 3.63) is 0 Å². The summed E-state index contributed by atoms with van der Waals surface area (Å²) in [5, 5.41) is 3.64. The van der Waals surface area contributed by atoms with E-state index < -0.39 is 0 Å². The second-order valence-electron chi connectivity index (χ2n) is 6.22. The van der Waals surface area contributed by atoms with Gasteiger partial charge in [-0.15, -0.1) is 0 Å². The molecule has 2 heteroatoms. The topological polar surface area (TPSA) is 15.3 Å². The van der Waals surface area contributed by atoms with E-state index in [0.29, 0.717) is 0 Å². The predicted molar refractivity (Wildman–Crippen MR) is 74.2 cm³/mol. The molecule has 0 bridgehead atoms. The van der Waals surface area contributed by atoms with E-state index in [0.717, 1.165) is 23.9 Å². The molecule has 17 heavy (non-hydrogen) atoms. The summed E-state index contributed by atoms with van der Waals surface area (Å²) in [6, 6.07) is 1.60. The van der Waals surface area contributed by atoms with Crippen molar-refractivity contribution in [3.63, 3.8) is 0 Å². The molecule has 2 fully saturated rings. The maximum absolute atomic E-state index is 3.64. The quantitative estimate of drug-likeness (QED) is 0.810. The molecule has 4 unspecified atom stereocenters. The Labute approximate surface area is 107 Å². The first-order chi connectivity index (χ1) is 8.22. The van der Waals surface area contributed by atoms with Crippen molar-refractivity contribution in [3.8, 4) is 0 Å². The van der Waals surface area contributed by atoms with Gasteiger partial charge in [-0.1, -0.05) is 33.6 Å². The Balaban J connectivity index is 1.91. The first-order valence-electron chi connectivity index (χ1n) is 7.69. The molecule has 0 aromatic carbocycles. The zero-order valence-electron chi connectivity index (χ0n) is 11.9. The zero-order chi connectivity index (χ0) is 12.3. The van der Waals surface area contributed by atoms with Crippen LogP contribution in [0.3, 0.4) is 0 Å². The van der Waals surface area contributed by atoms with Crippen LogP contribution < -0.4 is 5.32 Å². The van der Waals surface area contributed by atoms with E-state index in [1.54, 1.807) is 0 Å². The number of rotatable bonds is 4. The second kappa shape index (κ2) is 6.19. The van der Waals surface area contributed by atoms with Crippen molar-refractivity contribution in [2.75, 3.05) is 19.6 Å². The molecule has 0 amide bonds. The number of nitrogens with zero attached hydrogens (tertiary/aromatic N) is 1. The molecule has 0 aromatic heterocycles. The van der Waals surface area contributed by atoms with Gasteiger partial charge in [-0.25, -0.2) is 0 Å². The smallest absolute Gasteiger partial charge is 0.0195 e. The molecule has 2 nitrogen and oxygen atoms in total. The van der Waals surface area contributed by atoms with Crippen molar-refractivity contribution in [1.29, 1.82) is 0 Å². The molecule has 1 heterocycles. The number of nitrogens with one attached hydrogen (secondary N) is 1. The van der Waals surface area contributed by atoms with Crippen LogP contribution in [0.5, 0.6) is 0 Å². The predicted octanol–water partition coefficient (Wildman–Crippen LogP) is 2.89. The van der Waals surface area contributed by atoms with Crippen molar-refractivity contribution < 1.29 is 0 Å². The van der Waals surface area contributed by atoms with Gasteiger partial charge >= 0.3 is 0 Å². The highest BCUT2D eigenvalue weighted by Crippen LogP contribution is 2.33. The molecule has 1 aliphatic carbocycles. The average molecular weight is 238 g/mol. The van der Waals surface area contributed by atoms with E-state index in [2.05, 4.69) is 31.0 Å². The first-order valence-corrected chi connectivity index (χ1v) is 7.69. The van der Waals surface area contributed by atoms with Crippen molar-refractivity contribution >= 4 is 0 Å². The molecule has 0 aromatic rings. The standard InChI is InChI=1S/C15H30N2/c1-4-17(11-14-8-6-10-16-14)15-9-5-7-12(2)13(15)3/h12-16H,4-11H2,1-3H3. The fraction of sp³-hybridized carbons (Fsp3) is 1.00. The summed E-state index contributed by atoms with van der Waals surface area (Å²) in [5.74, 6) is 1.80. The molecule has 0 radical (unpaired) electrons. The lowest BCUT2D eigenvalue weighted by Gasteiger charge is -2.42. The summed E-state index contributed by atoms with van der Waals surface area (Å²) in [6.07, 6.45) is 7.06. The molecule has 100 valence electrons. The lowest BCUT2D eigenvalue weighted by Crippen LogP contribution is -2.48. The molecule has 2 aliphatic rings. The summed E-state index contributed by atoms with van der Waals surface area (Å²) in [4.78, 5) is 2.75. The Morgan fingerprint density at radius 2 is 1.94 bits per heavy atom. The Kier molecular flexibility index (Phi) is 4.87. The Morgan fingerprint density at radius 1 is 1.12 bits per heavy atom. The highest BCUT2D eigenvalue weighted by atomic mass is 15.2. The van der Waals surface area contributed by atoms with Gasteiger partial charge in [0.25, 0.3) is 0 Å². The highest BCUT2D eigenvalue weighted by Gasteiger charge is 2.32. The molecule has 1 aliphatic heterocycles. The monoisotopic (exact) mass is 238 g/mol. The molecule has 4 atom stereocenters. The average Bonchev–Trinajstić information content (AvgIpc) is 2.83. The maximum atomic E-state index is 3.64. The minimum Gasteiger partial charge on any atom is -0.313 e. The SMILES string of the molecule is CCN(CC1CCCN1)C1CCCC(C)C1C. The molecular weight excluding hydrogens is 208 g/mol. The molecule has 1 saturated carbocycles. The summed E-state index contributed by atoms with van der Waals surface area (Å²) in [7, 11) is 0. The van der Waals surface area contributed by atoms with E-state index in [4.69, 9.17) is 0 Å². The molecule has 1 N–H and O–H groups in total. The summed E-state index contributed by atoms with van der Waals surface area (Å²) in [6.45, 7) is 11.0. The molecule has 0 spiro atoms. The van der Waals surface area contributed by atoms with Gasteiger partial charge in [-0.3, -0.25) is 4.90 Å². The summed E-state index contributed by atoms with van der Waals surface area (Å²) in [5.41, 5.74) is 0. The first kappa shape index (κ1) is 13.4. The third kappa shape index (κ3) is 3.23. The van der Waals surface area contributed by atoms with Crippen LogP contribution in [0.1, 0.15) is 52.9 Å². The number of likely N-dealkylation sites (N-methyl/N-ethyl adjacent to an activating group) is 1. The van der Waals surface area contributed by atoms with Crippen molar-refractivity contribution in [2.45, 2.75) is 65.0 Å². The lowest BCUT2D eigenvalue weighted by atomic mass is 9.77. The lowest BCUT2D eigenvalue weighted by molar-refractivity contribution is 0.0788. The summed E-state index contributed by atoms with van der Waals surface area (Å²) < 4.78 is 0. The van der Waals surface area contributed by atoms with E-state index >= 15 is 0 Å². The van der Waals surface area contributed by atoms with Crippen molar-refractivity contribution in [1.82, 2.24) is 10.2 Å². The van der Waals surface area contributed by atoms with Gasteiger partial charge in [0, 0.05) is 18.6 Å². The van der Waals surface area contributed by atoms with Gasteiger partial charge < -0.3 is 5.32 Å². The zero-order valence-corrected chi connectivity index (χ0v) is 11.9. The summed E-state index contributed by atoms with van der Waals surface area (Å²) >= 11 is 0. The van der Waals surface area contributed by atoms with Crippen LogP contribution in [0, 0.1) is 11.8 Å². The van der Waals surface area contributed by atoms with E-state index in [1.165, 1.54) is 51.7 Å². The maximum Gasteiger partial charge on any atom is 0.0195 e. The third-order valence-electron chi connectivity index (χ3n) is 5.16. The van der Waals surface area contributed by atoms with Crippen LogP contribution in [-0.4, -0.2) is 36.6 Å². The van der Waals surface area contributed by atoms with E-state index in [9.17, 15) is 0 Å². The van der Waals surface area contributed by atoms with Gasteiger partial charge in [0.1, 0.15) is 0 Å². The minimum atomic E-state index is 0.763. The Hall–Kier alpha value is -0.0800. The van der Waals surface area contributed by atoms with Crippen LogP contribution in [0.25, 0.3) is 0 Å². The minimum absolute atomic E-state index is 0.763.